The van der Waals surface area contributed by atoms with E-state index in [0.717, 1.165) is 16.8 Å². The number of hydrogen-bond acceptors (Lipinski definition) is 3. The van der Waals surface area contributed by atoms with Crippen LogP contribution in [0, 0.1) is 0 Å². The Bertz CT molecular complexity index is 1180. The summed E-state index contributed by atoms with van der Waals surface area (Å²) in [7, 11) is 0. The zero-order chi connectivity index (χ0) is 20.9. The van der Waals surface area contributed by atoms with Crippen LogP contribution in [0.2, 0.25) is 10.0 Å². The molecule has 3 nitrogen and oxygen atoms in total. The monoisotopic (exact) mass is 450 g/mol. The molecule has 148 valence electrons. The first kappa shape index (κ1) is 20.4. The van der Waals surface area contributed by atoms with Crippen LogP contribution in [-0.4, -0.2) is 10.9 Å². The third-order valence-electron chi connectivity index (χ3n) is 4.42. The third kappa shape index (κ3) is 4.79. The van der Waals surface area contributed by atoms with Crippen molar-refractivity contribution in [1.82, 2.24) is 4.98 Å². The molecule has 0 fully saturated rings. The zero-order valence-electron chi connectivity index (χ0n) is 15.7. The SMILES string of the molecule is O=C(C=Cc1c(Cl)cccc1Cl)Nc1nc(-c2ccc(-c3ccccc3)cc2)cs1. The van der Waals surface area contributed by atoms with Crippen LogP contribution in [0.5, 0.6) is 0 Å². The number of halogens is 2. The number of carbonyl (C=O) groups excluding carboxylic acids is 1. The molecule has 0 saturated heterocycles. The number of amides is 1. The Morgan fingerprint density at radius 3 is 2.17 bits per heavy atom. The van der Waals surface area contributed by atoms with E-state index in [1.54, 1.807) is 24.3 Å². The van der Waals surface area contributed by atoms with Crippen molar-refractivity contribution in [1.29, 1.82) is 0 Å². The van der Waals surface area contributed by atoms with Gasteiger partial charge in [0.2, 0.25) is 5.91 Å². The maximum absolute atomic E-state index is 12.2. The van der Waals surface area contributed by atoms with E-state index >= 15 is 0 Å². The molecule has 0 bridgehead atoms. The Morgan fingerprint density at radius 1 is 0.833 bits per heavy atom. The molecule has 1 N–H and O–H groups in total. The van der Waals surface area contributed by atoms with E-state index in [1.807, 2.05) is 35.7 Å². The van der Waals surface area contributed by atoms with E-state index < -0.39 is 0 Å². The molecule has 1 amide bonds. The molecule has 0 aliphatic heterocycles. The second kappa shape index (κ2) is 9.26. The fourth-order valence-corrected chi connectivity index (χ4v) is 4.15. The van der Waals surface area contributed by atoms with Crippen molar-refractivity contribution < 1.29 is 4.79 Å². The van der Waals surface area contributed by atoms with Crippen molar-refractivity contribution in [2.75, 3.05) is 5.32 Å². The normalized spacial score (nSPS) is 11.0. The number of benzene rings is 3. The summed E-state index contributed by atoms with van der Waals surface area (Å²) < 4.78 is 0. The van der Waals surface area contributed by atoms with Gasteiger partial charge in [-0.3, -0.25) is 10.1 Å². The first-order valence-corrected chi connectivity index (χ1v) is 10.8. The van der Waals surface area contributed by atoms with Gasteiger partial charge in [-0.1, -0.05) is 83.9 Å². The largest absolute Gasteiger partial charge is 0.298 e. The highest BCUT2D eigenvalue weighted by Crippen LogP contribution is 2.28. The predicted molar refractivity (Wildman–Crippen MR) is 127 cm³/mol. The van der Waals surface area contributed by atoms with E-state index in [4.69, 9.17) is 23.2 Å². The zero-order valence-corrected chi connectivity index (χ0v) is 18.0. The lowest BCUT2D eigenvalue weighted by molar-refractivity contribution is -0.111. The number of rotatable bonds is 5. The van der Waals surface area contributed by atoms with Gasteiger partial charge in [0.05, 0.1) is 5.69 Å². The van der Waals surface area contributed by atoms with Crippen molar-refractivity contribution >= 4 is 51.7 Å². The highest BCUT2D eigenvalue weighted by Gasteiger charge is 2.08. The van der Waals surface area contributed by atoms with Crippen LogP contribution >= 0.6 is 34.5 Å². The summed E-state index contributed by atoms with van der Waals surface area (Å²) in [5, 5.41) is 6.19. The summed E-state index contributed by atoms with van der Waals surface area (Å²) in [6.45, 7) is 0. The Labute approximate surface area is 188 Å². The molecule has 30 heavy (non-hydrogen) atoms. The van der Waals surface area contributed by atoms with Crippen LogP contribution in [0.1, 0.15) is 5.56 Å². The molecule has 1 heterocycles. The number of nitrogens with zero attached hydrogens (tertiary/aromatic N) is 1. The number of nitrogens with one attached hydrogen (secondary N) is 1. The lowest BCUT2D eigenvalue weighted by Crippen LogP contribution is -2.07. The molecule has 0 atom stereocenters. The number of aromatic nitrogens is 1. The molecule has 0 saturated carbocycles. The maximum Gasteiger partial charge on any atom is 0.250 e. The van der Waals surface area contributed by atoms with Gasteiger partial charge < -0.3 is 0 Å². The summed E-state index contributed by atoms with van der Waals surface area (Å²) in [5.74, 6) is -0.300. The maximum atomic E-state index is 12.2. The number of thiazole rings is 1. The Morgan fingerprint density at radius 2 is 1.47 bits per heavy atom. The van der Waals surface area contributed by atoms with Gasteiger partial charge in [-0.15, -0.1) is 11.3 Å². The van der Waals surface area contributed by atoms with Crippen LogP contribution in [0.15, 0.2) is 84.3 Å². The standard InChI is InChI=1S/C24H16Cl2N2OS/c25-20-7-4-8-21(26)19(20)13-14-23(29)28-24-27-22(15-30-24)18-11-9-17(10-12-18)16-5-2-1-3-6-16/h1-15H,(H,27,28,29). The lowest BCUT2D eigenvalue weighted by Gasteiger charge is -2.03. The molecule has 1 aromatic heterocycles. The second-order valence-corrected chi connectivity index (χ2v) is 8.11. The van der Waals surface area contributed by atoms with Gasteiger partial charge >= 0.3 is 0 Å². The quantitative estimate of drug-likeness (QED) is 0.321. The summed E-state index contributed by atoms with van der Waals surface area (Å²) in [6.07, 6.45) is 2.99. The number of hydrogen-bond donors (Lipinski definition) is 1. The number of anilines is 1. The van der Waals surface area contributed by atoms with Gasteiger partial charge in [0.25, 0.3) is 0 Å². The molecule has 4 rings (SSSR count). The minimum atomic E-state index is -0.300. The fourth-order valence-electron chi connectivity index (χ4n) is 2.90. The van der Waals surface area contributed by atoms with Gasteiger partial charge in [-0.2, -0.15) is 0 Å². The minimum Gasteiger partial charge on any atom is -0.298 e. The third-order valence-corrected chi connectivity index (χ3v) is 5.84. The van der Waals surface area contributed by atoms with Crippen LogP contribution in [0.25, 0.3) is 28.5 Å². The predicted octanol–water partition coefficient (Wildman–Crippen LogP) is 7.44. The summed E-state index contributed by atoms with van der Waals surface area (Å²) in [6, 6.07) is 23.6. The summed E-state index contributed by atoms with van der Waals surface area (Å²) in [5.41, 5.74) is 4.72. The van der Waals surface area contributed by atoms with Gasteiger partial charge in [-0.25, -0.2) is 4.98 Å². The topological polar surface area (TPSA) is 42.0 Å². The van der Waals surface area contributed by atoms with Crippen LogP contribution in [0.3, 0.4) is 0 Å². The molecule has 0 aliphatic carbocycles. The molecule has 0 aliphatic rings. The van der Waals surface area contributed by atoms with Crippen molar-refractivity contribution in [2.45, 2.75) is 0 Å². The van der Waals surface area contributed by atoms with Crippen molar-refractivity contribution in [3.63, 3.8) is 0 Å². The van der Waals surface area contributed by atoms with Gasteiger partial charge in [0, 0.05) is 32.6 Å². The van der Waals surface area contributed by atoms with Crippen molar-refractivity contribution in [3.8, 4) is 22.4 Å². The van der Waals surface area contributed by atoms with Crippen molar-refractivity contribution in [2.24, 2.45) is 0 Å². The minimum absolute atomic E-state index is 0.300. The molecule has 6 heteroatoms. The van der Waals surface area contributed by atoms with E-state index in [0.29, 0.717) is 20.7 Å². The molecular weight excluding hydrogens is 435 g/mol. The molecule has 0 unspecified atom stereocenters. The Balaban J connectivity index is 1.44. The van der Waals surface area contributed by atoms with E-state index in [-0.39, 0.29) is 5.91 Å². The Kier molecular flexibility index (Phi) is 6.29. The smallest absolute Gasteiger partial charge is 0.250 e. The van der Waals surface area contributed by atoms with Gasteiger partial charge in [0.1, 0.15) is 0 Å². The molecule has 0 radical (unpaired) electrons. The average molecular weight is 451 g/mol. The highest BCUT2D eigenvalue weighted by molar-refractivity contribution is 7.14. The Hall–Kier alpha value is -2.92. The van der Waals surface area contributed by atoms with Gasteiger partial charge in [-0.05, 0) is 29.3 Å². The van der Waals surface area contributed by atoms with E-state index in [9.17, 15) is 4.79 Å². The van der Waals surface area contributed by atoms with E-state index in [2.05, 4.69) is 34.6 Å². The van der Waals surface area contributed by atoms with Crippen LogP contribution in [0.4, 0.5) is 5.13 Å². The van der Waals surface area contributed by atoms with E-state index in [1.165, 1.54) is 23.0 Å². The van der Waals surface area contributed by atoms with Gasteiger partial charge in [0.15, 0.2) is 5.13 Å². The van der Waals surface area contributed by atoms with Crippen LogP contribution < -0.4 is 5.32 Å². The number of carbonyl (C=O) groups is 1. The van der Waals surface area contributed by atoms with Crippen molar-refractivity contribution in [3.05, 3.63) is 99.9 Å². The second-order valence-electron chi connectivity index (χ2n) is 6.44. The summed E-state index contributed by atoms with van der Waals surface area (Å²) in [4.78, 5) is 16.8. The molecular formula is C24H16Cl2N2OS. The average Bonchev–Trinajstić information content (AvgIpc) is 3.22. The fraction of sp³-hybridized carbons (Fsp3) is 0. The molecule has 4 aromatic rings. The highest BCUT2D eigenvalue weighted by atomic mass is 35.5. The first-order valence-electron chi connectivity index (χ1n) is 9.14. The summed E-state index contributed by atoms with van der Waals surface area (Å²) >= 11 is 13.6. The molecule has 0 spiro atoms. The molecule has 3 aromatic carbocycles. The lowest BCUT2D eigenvalue weighted by atomic mass is 10.0. The first-order chi connectivity index (χ1) is 14.6. The van der Waals surface area contributed by atoms with Crippen LogP contribution in [-0.2, 0) is 4.79 Å².